The van der Waals surface area contributed by atoms with Crippen molar-refractivity contribution in [3.63, 3.8) is 0 Å². The summed E-state index contributed by atoms with van der Waals surface area (Å²) in [5.41, 5.74) is 1.09. The number of aromatic nitrogens is 2. The van der Waals surface area contributed by atoms with Crippen LogP contribution in [0.15, 0.2) is 12.3 Å². The van der Waals surface area contributed by atoms with Crippen molar-refractivity contribution in [2.24, 2.45) is 7.05 Å². The van der Waals surface area contributed by atoms with Gasteiger partial charge >= 0.3 is 0 Å². The van der Waals surface area contributed by atoms with Gasteiger partial charge in [0.25, 0.3) is 0 Å². The van der Waals surface area contributed by atoms with Crippen LogP contribution in [0.5, 0.6) is 0 Å². The molecule has 2 unspecified atom stereocenters. The van der Waals surface area contributed by atoms with E-state index in [9.17, 15) is 9.90 Å². The van der Waals surface area contributed by atoms with Crippen molar-refractivity contribution in [1.29, 1.82) is 0 Å². The van der Waals surface area contributed by atoms with Gasteiger partial charge in [-0.15, -0.1) is 0 Å². The van der Waals surface area contributed by atoms with Gasteiger partial charge in [0.05, 0.1) is 12.1 Å². The average Bonchev–Trinajstić information content (AvgIpc) is 2.88. The van der Waals surface area contributed by atoms with E-state index < -0.39 is 6.10 Å². The largest absolute Gasteiger partial charge is 0.392 e. The Kier molecular flexibility index (Phi) is 3.75. The molecular weight excluding hydrogens is 220 g/mol. The number of hydrogen-bond acceptors (Lipinski definition) is 4. The van der Waals surface area contributed by atoms with Crippen LogP contribution in [0.3, 0.4) is 0 Å². The molecule has 2 rings (SSSR count). The summed E-state index contributed by atoms with van der Waals surface area (Å²) < 4.78 is 1.80. The number of nitrogens with zero attached hydrogens (tertiary/aromatic N) is 2. The maximum atomic E-state index is 11.7. The van der Waals surface area contributed by atoms with Crippen LogP contribution in [0.2, 0.25) is 0 Å². The van der Waals surface area contributed by atoms with E-state index in [1.807, 2.05) is 13.1 Å². The topological polar surface area (TPSA) is 79.2 Å². The van der Waals surface area contributed by atoms with Crippen molar-refractivity contribution < 1.29 is 9.90 Å². The van der Waals surface area contributed by atoms with E-state index in [0.717, 1.165) is 12.1 Å². The Morgan fingerprint density at radius 1 is 1.76 bits per heavy atom. The SMILES string of the molecule is Cn1nccc1CCNC(=O)C1CC(O)CN1. The van der Waals surface area contributed by atoms with Gasteiger partial charge in [0.1, 0.15) is 0 Å². The van der Waals surface area contributed by atoms with E-state index in [-0.39, 0.29) is 11.9 Å². The smallest absolute Gasteiger partial charge is 0.237 e. The highest BCUT2D eigenvalue weighted by Crippen LogP contribution is 2.06. The van der Waals surface area contributed by atoms with Crippen molar-refractivity contribution in [1.82, 2.24) is 20.4 Å². The third-order valence-corrected chi connectivity index (χ3v) is 3.03. The monoisotopic (exact) mass is 238 g/mol. The Morgan fingerprint density at radius 3 is 3.18 bits per heavy atom. The number of aryl methyl sites for hydroxylation is 1. The maximum Gasteiger partial charge on any atom is 0.237 e. The second-order valence-electron chi connectivity index (χ2n) is 4.34. The Hall–Kier alpha value is -1.40. The lowest BCUT2D eigenvalue weighted by Crippen LogP contribution is -2.41. The van der Waals surface area contributed by atoms with Crippen molar-refractivity contribution in [3.05, 3.63) is 18.0 Å². The normalized spacial score (nSPS) is 23.9. The molecule has 1 aliphatic rings. The Bertz CT molecular complexity index is 391. The first kappa shape index (κ1) is 12.1. The lowest BCUT2D eigenvalue weighted by molar-refractivity contribution is -0.122. The minimum atomic E-state index is -0.400. The summed E-state index contributed by atoms with van der Waals surface area (Å²) in [6.45, 7) is 1.09. The molecule has 6 nitrogen and oxygen atoms in total. The van der Waals surface area contributed by atoms with Gasteiger partial charge in [-0.1, -0.05) is 0 Å². The second kappa shape index (κ2) is 5.29. The van der Waals surface area contributed by atoms with Crippen molar-refractivity contribution in [2.45, 2.75) is 25.0 Å². The van der Waals surface area contributed by atoms with Crippen LogP contribution in [-0.4, -0.2) is 46.0 Å². The fraction of sp³-hybridized carbons (Fsp3) is 0.636. The molecule has 3 N–H and O–H groups in total. The number of carbonyl (C=O) groups excluding carboxylic acids is 1. The number of hydrogen-bond donors (Lipinski definition) is 3. The van der Waals surface area contributed by atoms with Crippen LogP contribution in [-0.2, 0) is 18.3 Å². The second-order valence-corrected chi connectivity index (χ2v) is 4.34. The third-order valence-electron chi connectivity index (χ3n) is 3.03. The summed E-state index contributed by atoms with van der Waals surface area (Å²) in [6, 6.07) is 1.68. The first-order valence-electron chi connectivity index (χ1n) is 5.83. The van der Waals surface area contributed by atoms with E-state index in [1.165, 1.54) is 0 Å². The molecule has 1 aromatic rings. The minimum Gasteiger partial charge on any atom is -0.392 e. The zero-order valence-electron chi connectivity index (χ0n) is 9.89. The van der Waals surface area contributed by atoms with Gasteiger partial charge in [0, 0.05) is 38.4 Å². The van der Waals surface area contributed by atoms with E-state index in [0.29, 0.717) is 19.5 Å². The highest BCUT2D eigenvalue weighted by atomic mass is 16.3. The lowest BCUT2D eigenvalue weighted by atomic mass is 10.2. The van der Waals surface area contributed by atoms with Gasteiger partial charge in [-0.25, -0.2) is 0 Å². The first-order valence-corrected chi connectivity index (χ1v) is 5.83. The van der Waals surface area contributed by atoms with Crippen LogP contribution >= 0.6 is 0 Å². The van der Waals surface area contributed by atoms with E-state index >= 15 is 0 Å². The van der Waals surface area contributed by atoms with Gasteiger partial charge in [0.2, 0.25) is 5.91 Å². The van der Waals surface area contributed by atoms with Crippen molar-refractivity contribution >= 4 is 5.91 Å². The Labute approximate surface area is 100 Å². The molecule has 0 aromatic carbocycles. The van der Waals surface area contributed by atoms with Crippen LogP contribution in [0.4, 0.5) is 0 Å². The molecule has 0 radical (unpaired) electrons. The molecule has 6 heteroatoms. The van der Waals surface area contributed by atoms with Gasteiger partial charge in [-0.2, -0.15) is 5.10 Å². The van der Waals surface area contributed by atoms with E-state index in [4.69, 9.17) is 0 Å². The minimum absolute atomic E-state index is 0.0382. The number of nitrogens with one attached hydrogen (secondary N) is 2. The van der Waals surface area contributed by atoms with Crippen LogP contribution in [0, 0.1) is 0 Å². The number of aliphatic hydroxyl groups is 1. The molecule has 94 valence electrons. The molecular formula is C11H18N4O2. The summed E-state index contributed by atoms with van der Waals surface area (Å²) in [7, 11) is 1.88. The molecule has 0 spiro atoms. The highest BCUT2D eigenvalue weighted by molar-refractivity contribution is 5.82. The molecule has 1 fully saturated rings. The van der Waals surface area contributed by atoms with Gasteiger partial charge < -0.3 is 15.7 Å². The summed E-state index contributed by atoms with van der Waals surface area (Å²) in [4.78, 5) is 11.7. The summed E-state index contributed by atoms with van der Waals surface area (Å²) in [6.07, 6.45) is 2.60. The predicted molar refractivity (Wildman–Crippen MR) is 62.3 cm³/mol. The molecule has 2 heterocycles. The van der Waals surface area contributed by atoms with Crippen molar-refractivity contribution in [2.75, 3.05) is 13.1 Å². The van der Waals surface area contributed by atoms with Crippen LogP contribution < -0.4 is 10.6 Å². The van der Waals surface area contributed by atoms with E-state index in [2.05, 4.69) is 15.7 Å². The molecule has 0 saturated carbocycles. The molecule has 1 amide bonds. The molecule has 2 atom stereocenters. The third kappa shape index (κ3) is 3.04. The predicted octanol–water partition coefficient (Wildman–Crippen LogP) is -1.20. The molecule has 0 aliphatic carbocycles. The molecule has 17 heavy (non-hydrogen) atoms. The van der Waals surface area contributed by atoms with Crippen LogP contribution in [0.25, 0.3) is 0 Å². The number of carbonyl (C=O) groups is 1. The fourth-order valence-corrected chi connectivity index (χ4v) is 2.00. The average molecular weight is 238 g/mol. The standard InChI is InChI=1S/C11H18N4O2/c1-15-8(3-5-14-15)2-4-12-11(17)10-6-9(16)7-13-10/h3,5,9-10,13,16H,2,4,6-7H2,1H3,(H,12,17). The Morgan fingerprint density at radius 2 is 2.59 bits per heavy atom. The molecule has 0 bridgehead atoms. The maximum absolute atomic E-state index is 11.7. The number of aliphatic hydroxyl groups excluding tert-OH is 1. The first-order chi connectivity index (χ1) is 8.16. The molecule has 1 aliphatic heterocycles. The van der Waals surface area contributed by atoms with Gasteiger partial charge in [-0.05, 0) is 12.5 Å². The number of β-amino-alcohol motifs (C(OH)–C–C–N with tert-alkyl or cyclic N) is 1. The van der Waals surface area contributed by atoms with E-state index in [1.54, 1.807) is 10.9 Å². The summed E-state index contributed by atoms with van der Waals surface area (Å²) >= 11 is 0. The lowest BCUT2D eigenvalue weighted by Gasteiger charge is -2.10. The Balaban J connectivity index is 1.72. The molecule has 1 aromatic heterocycles. The number of rotatable bonds is 4. The van der Waals surface area contributed by atoms with Crippen molar-refractivity contribution in [3.8, 4) is 0 Å². The van der Waals surface area contributed by atoms with Gasteiger partial charge in [0.15, 0.2) is 0 Å². The van der Waals surface area contributed by atoms with Gasteiger partial charge in [-0.3, -0.25) is 9.48 Å². The fourth-order valence-electron chi connectivity index (χ4n) is 2.00. The summed E-state index contributed by atoms with van der Waals surface area (Å²) in [5.74, 6) is -0.0382. The zero-order valence-corrected chi connectivity index (χ0v) is 9.89. The number of amides is 1. The quantitative estimate of drug-likeness (QED) is 0.616. The molecule has 1 saturated heterocycles. The summed E-state index contributed by atoms with van der Waals surface area (Å²) in [5, 5.41) is 19.2. The zero-order chi connectivity index (χ0) is 12.3. The highest BCUT2D eigenvalue weighted by Gasteiger charge is 2.27. The van der Waals surface area contributed by atoms with Crippen LogP contribution in [0.1, 0.15) is 12.1 Å².